The molecular weight excluding hydrogens is 238 g/mol. The van der Waals surface area contributed by atoms with E-state index in [1.807, 2.05) is 30.7 Å². The molecule has 0 spiro atoms. The summed E-state index contributed by atoms with van der Waals surface area (Å²) >= 11 is 6.11. The van der Waals surface area contributed by atoms with Crippen LogP contribution in [0.5, 0.6) is 0 Å². The molecule has 0 atom stereocenters. The minimum Gasteiger partial charge on any atom is -0.393 e. The molecule has 0 bridgehead atoms. The topological polar surface area (TPSA) is 52.9 Å². The van der Waals surface area contributed by atoms with Crippen molar-refractivity contribution in [3.63, 3.8) is 0 Å². The highest BCUT2D eigenvalue weighted by Crippen LogP contribution is 2.20. The average molecular weight is 252 g/mol. The summed E-state index contributed by atoms with van der Waals surface area (Å²) in [6.45, 7) is 4.44. The van der Waals surface area contributed by atoms with Gasteiger partial charge >= 0.3 is 0 Å². The number of nitrogens with two attached hydrogens (primary N) is 1. The minimum absolute atomic E-state index is 0.225. The van der Waals surface area contributed by atoms with Crippen molar-refractivity contribution in [1.82, 2.24) is 9.36 Å². The van der Waals surface area contributed by atoms with Gasteiger partial charge < -0.3 is 5.73 Å². The molecule has 0 aliphatic carbocycles. The van der Waals surface area contributed by atoms with E-state index in [-0.39, 0.29) is 11.2 Å². The number of nitrogens with zero attached hydrogens (tertiary/aromatic N) is 2. The smallest absolute Gasteiger partial charge is 0.294 e. The number of rotatable bonds is 2. The van der Waals surface area contributed by atoms with Crippen LogP contribution in [-0.4, -0.2) is 9.36 Å². The van der Waals surface area contributed by atoms with Crippen LogP contribution < -0.4 is 11.3 Å². The Kier molecular flexibility index (Phi) is 2.98. The molecule has 0 aliphatic heterocycles. The predicted octanol–water partition coefficient (Wildman–Crippen LogP) is 2.20. The lowest BCUT2D eigenvalue weighted by Gasteiger charge is -2.12. The first-order valence-corrected chi connectivity index (χ1v) is 5.78. The van der Waals surface area contributed by atoms with Gasteiger partial charge in [0.25, 0.3) is 5.56 Å². The number of anilines is 1. The lowest BCUT2D eigenvalue weighted by Crippen LogP contribution is -2.22. The Morgan fingerprint density at radius 2 is 2.00 bits per heavy atom. The quantitative estimate of drug-likeness (QED) is 0.890. The summed E-state index contributed by atoms with van der Waals surface area (Å²) in [5.41, 5.74) is 7.23. The van der Waals surface area contributed by atoms with E-state index in [0.717, 1.165) is 5.69 Å². The molecule has 17 heavy (non-hydrogen) atoms. The molecule has 1 heterocycles. The van der Waals surface area contributed by atoms with E-state index in [1.165, 1.54) is 4.68 Å². The Morgan fingerprint density at radius 1 is 1.35 bits per heavy atom. The zero-order valence-electron chi connectivity index (χ0n) is 9.77. The first-order chi connectivity index (χ1) is 8.07. The van der Waals surface area contributed by atoms with Crippen LogP contribution in [0.1, 0.15) is 12.6 Å². The third-order valence-corrected chi connectivity index (χ3v) is 3.14. The highest BCUT2D eigenvalue weighted by atomic mass is 35.5. The third kappa shape index (κ3) is 1.74. The molecule has 0 fully saturated rings. The largest absolute Gasteiger partial charge is 0.393 e. The molecule has 0 amide bonds. The summed E-state index contributed by atoms with van der Waals surface area (Å²) in [6, 6.07) is 7.22. The van der Waals surface area contributed by atoms with Gasteiger partial charge in [-0.1, -0.05) is 23.7 Å². The molecule has 2 N–H and O–H groups in total. The summed E-state index contributed by atoms with van der Waals surface area (Å²) < 4.78 is 3.34. The summed E-state index contributed by atoms with van der Waals surface area (Å²) in [5, 5.41) is 0.529. The zero-order valence-corrected chi connectivity index (χ0v) is 10.5. The number of benzene rings is 1. The van der Waals surface area contributed by atoms with E-state index >= 15 is 0 Å². The van der Waals surface area contributed by atoms with Crippen molar-refractivity contribution < 1.29 is 0 Å². The van der Waals surface area contributed by atoms with E-state index < -0.39 is 0 Å². The molecule has 1 aromatic heterocycles. The number of halogens is 1. The SMILES string of the molecule is CCn1c(C)c(N)c(=O)n1-c1ccccc1Cl. The van der Waals surface area contributed by atoms with Crippen LogP contribution in [0.15, 0.2) is 29.1 Å². The summed E-state index contributed by atoms with van der Waals surface area (Å²) in [6.07, 6.45) is 0. The second-order valence-corrected chi connectivity index (χ2v) is 4.19. The molecule has 2 rings (SSSR count). The molecule has 0 radical (unpaired) electrons. The van der Waals surface area contributed by atoms with Gasteiger partial charge in [-0.2, -0.15) is 0 Å². The van der Waals surface area contributed by atoms with Crippen molar-refractivity contribution in [2.45, 2.75) is 20.4 Å². The van der Waals surface area contributed by atoms with Crippen LogP contribution in [0.2, 0.25) is 5.02 Å². The van der Waals surface area contributed by atoms with Gasteiger partial charge in [-0.25, -0.2) is 4.68 Å². The number of hydrogen-bond acceptors (Lipinski definition) is 2. The minimum atomic E-state index is -0.225. The summed E-state index contributed by atoms with van der Waals surface area (Å²) in [5.74, 6) is 0. The van der Waals surface area contributed by atoms with Crippen LogP contribution in [-0.2, 0) is 6.54 Å². The van der Waals surface area contributed by atoms with Crippen molar-refractivity contribution in [3.8, 4) is 5.69 Å². The molecular formula is C12H14ClN3O. The summed E-state index contributed by atoms with van der Waals surface area (Å²) in [7, 11) is 0. The zero-order chi connectivity index (χ0) is 12.6. The highest BCUT2D eigenvalue weighted by molar-refractivity contribution is 6.32. The molecule has 1 aromatic carbocycles. The van der Waals surface area contributed by atoms with E-state index in [1.54, 1.807) is 12.1 Å². The molecule has 5 heteroatoms. The van der Waals surface area contributed by atoms with Crippen LogP contribution in [0.3, 0.4) is 0 Å². The van der Waals surface area contributed by atoms with E-state index in [2.05, 4.69) is 0 Å². The van der Waals surface area contributed by atoms with Crippen LogP contribution >= 0.6 is 11.6 Å². The Balaban J connectivity index is 2.81. The maximum absolute atomic E-state index is 12.1. The normalized spacial score (nSPS) is 10.8. The fraction of sp³-hybridized carbons (Fsp3) is 0.250. The van der Waals surface area contributed by atoms with Gasteiger partial charge in [0, 0.05) is 6.54 Å². The molecule has 0 aliphatic rings. The van der Waals surface area contributed by atoms with Crippen LogP contribution in [0, 0.1) is 6.92 Å². The Hall–Kier alpha value is -1.68. The molecule has 0 saturated carbocycles. The van der Waals surface area contributed by atoms with Crippen molar-refractivity contribution in [2.75, 3.05) is 5.73 Å². The lowest BCUT2D eigenvalue weighted by molar-refractivity contribution is 0.560. The van der Waals surface area contributed by atoms with E-state index in [4.69, 9.17) is 17.3 Å². The number of aromatic nitrogens is 2. The van der Waals surface area contributed by atoms with E-state index in [0.29, 0.717) is 17.3 Å². The molecule has 4 nitrogen and oxygen atoms in total. The first kappa shape index (κ1) is 11.8. The van der Waals surface area contributed by atoms with E-state index in [9.17, 15) is 4.79 Å². The van der Waals surface area contributed by atoms with Gasteiger partial charge in [0.1, 0.15) is 5.69 Å². The van der Waals surface area contributed by atoms with Crippen molar-refractivity contribution >= 4 is 17.3 Å². The standard InChI is InChI=1S/C12H14ClN3O/c1-3-15-8(2)11(14)12(17)16(15)10-7-5-4-6-9(10)13/h4-7H,3,14H2,1-2H3. The number of nitrogen functional groups attached to an aromatic ring is 1. The second kappa shape index (κ2) is 4.30. The Labute approximate surface area is 104 Å². The van der Waals surface area contributed by atoms with Crippen molar-refractivity contribution in [2.24, 2.45) is 0 Å². The fourth-order valence-corrected chi connectivity index (χ4v) is 2.12. The van der Waals surface area contributed by atoms with Gasteiger partial charge in [-0.3, -0.25) is 9.48 Å². The maximum atomic E-state index is 12.1. The van der Waals surface area contributed by atoms with Gasteiger partial charge in [0.15, 0.2) is 0 Å². The monoisotopic (exact) mass is 251 g/mol. The number of hydrogen-bond donors (Lipinski definition) is 1. The predicted molar refractivity (Wildman–Crippen MR) is 69.9 cm³/mol. The van der Waals surface area contributed by atoms with Gasteiger partial charge in [-0.15, -0.1) is 0 Å². The fourth-order valence-electron chi connectivity index (χ4n) is 1.91. The average Bonchev–Trinajstić information content (AvgIpc) is 2.54. The maximum Gasteiger partial charge on any atom is 0.294 e. The third-order valence-electron chi connectivity index (χ3n) is 2.82. The lowest BCUT2D eigenvalue weighted by atomic mass is 10.3. The van der Waals surface area contributed by atoms with Gasteiger partial charge in [-0.05, 0) is 26.0 Å². The molecule has 0 saturated heterocycles. The molecule has 0 unspecified atom stereocenters. The van der Waals surface area contributed by atoms with Crippen molar-refractivity contribution in [3.05, 3.63) is 45.3 Å². The first-order valence-electron chi connectivity index (χ1n) is 5.40. The van der Waals surface area contributed by atoms with Crippen LogP contribution in [0.25, 0.3) is 5.69 Å². The van der Waals surface area contributed by atoms with Gasteiger partial charge in [0.2, 0.25) is 0 Å². The van der Waals surface area contributed by atoms with Gasteiger partial charge in [0.05, 0.1) is 16.4 Å². The second-order valence-electron chi connectivity index (χ2n) is 3.78. The van der Waals surface area contributed by atoms with Crippen molar-refractivity contribution in [1.29, 1.82) is 0 Å². The Morgan fingerprint density at radius 3 is 2.59 bits per heavy atom. The molecule has 2 aromatic rings. The molecule has 90 valence electrons. The highest BCUT2D eigenvalue weighted by Gasteiger charge is 2.15. The summed E-state index contributed by atoms with van der Waals surface area (Å²) in [4.78, 5) is 12.1. The Bertz CT molecular complexity index is 613. The van der Waals surface area contributed by atoms with Crippen LogP contribution in [0.4, 0.5) is 5.69 Å². The number of para-hydroxylation sites is 1.